The molecular formula is C25H34FNO. The SMILES string of the molecule is CCCC1(C2CCC(/C=C/COc3ccc(C#N)c(F)c3)CC2)CCCCC1. The first-order valence-corrected chi connectivity index (χ1v) is 11.2. The van der Waals surface area contributed by atoms with Gasteiger partial charge in [-0.05, 0) is 74.3 Å². The van der Waals surface area contributed by atoms with Crippen LogP contribution in [0.25, 0.3) is 0 Å². The van der Waals surface area contributed by atoms with Gasteiger partial charge in [-0.2, -0.15) is 5.26 Å². The lowest BCUT2D eigenvalue weighted by Crippen LogP contribution is -2.35. The fourth-order valence-electron chi connectivity index (χ4n) is 5.61. The van der Waals surface area contributed by atoms with Crippen LogP contribution in [-0.2, 0) is 0 Å². The zero-order valence-corrected chi connectivity index (χ0v) is 17.3. The van der Waals surface area contributed by atoms with Crippen LogP contribution < -0.4 is 4.74 Å². The molecule has 2 aliphatic carbocycles. The largest absolute Gasteiger partial charge is 0.489 e. The van der Waals surface area contributed by atoms with E-state index in [-0.39, 0.29) is 5.56 Å². The van der Waals surface area contributed by atoms with E-state index in [9.17, 15) is 4.39 Å². The van der Waals surface area contributed by atoms with Crippen molar-refractivity contribution in [3.63, 3.8) is 0 Å². The van der Waals surface area contributed by atoms with E-state index in [1.807, 2.05) is 6.07 Å². The molecule has 0 spiro atoms. The van der Waals surface area contributed by atoms with E-state index in [1.54, 1.807) is 6.07 Å². The molecule has 2 saturated carbocycles. The number of hydrogen-bond donors (Lipinski definition) is 0. The highest BCUT2D eigenvalue weighted by Crippen LogP contribution is 2.51. The maximum atomic E-state index is 13.6. The second kappa shape index (κ2) is 10.1. The van der Waals surface area contributed by atoms with Crippen molar-refractivity contribution in [1.29, 1.82) is 5.26 Å². The smallest absolute Gasteiger partial charge is 0.144 e. The van der Waals surface area contributed by atoms with Gasteiger partial charge in [-0.25, -0.2) is 4.39 Å². The number of rotatable bonds is 7. The Bertz CT molecular complexity index is 685. The Morgan fingerprint density at radius 3 is 2.57 bits per heavy atom. The van der Waals surface area contributed by atoms with Crippen molar-refractivity contribution in [2.24, 2.45) is 17.3 Å². The first kappa shape index (κ1) is 20.9. The van der Waals surface area contributed by atoms with Crippen molar-refractivity contribution in [2.75, 3.05) is 6.61 Å². The van der Waals surface area contributed by atoms with Gasteiger partial charge in [0.15, 0.2) is 0 Å². The van der Waals surface area contributed by atoms with Crippen LogP contribution in [0, 0.1) is 34.4 Å². The van der Waals surface area contributed by atoms with Crippen molar-refractivity contribution in [3.8, 4) is 11.8 Å². The fourth-order valence-corrected chi connectivity index (χ4v) is 5.61. The molecule has 28 heavy (non-hydrogen) atoms. The molecule has 3 heteroatoms. The Balaban J connectivity index is 1.45. The second-order valence-corrected chi connectivity index (χ2v) is 8.78. The number of ether oxygens (including phenoxy) is 1. The van der Waals surface area contributed by atoms with Crippen molar-refractivity contribution in [2.45, 2.75) is 77.6 Å². The van der Waals surface area contributed by atoms with Gasteiger partial charge >= 0.3 is 0 Å². The van der Waals surface area contributed by atoms with E-state index in [1.165, 1.54) is 82.8 Å². The summed E-state index contributed by atoms with van der Waals surface area (Å²) in [5.41, 5.74) is 0.697. The predicted molar refractivity (Wildman–Crippen MR) is 112 cm³/mol. The third-order valence-corrected chi connectivity index (χ3v) is 7.05. The number of nitrogens with zero attached hydrogens (tertiary/aromatic N) is 1. The molecule has 0 heterocycles. The molecule has 0 radical (unpaired) electrons. The van der Waals surface area contributed by atoms with Crippen molar-refractivity contribution in [1.82, 2.24) is 0 Å². The molecule has 0 aliphatic heterocycles. The molecule has 2 nitrogen and oxygen atoms in total. The van der Waals surface area contributed by atoms with Crippen LogP contribution in [0.2, 0.25) is 0 Å². The third-order valence-electron chi connectivity index (χ3n) is 7.05. The van der Waals surface area contributed by atoms with Gasteiger partial charge in [-0.3, -0.25) is 0 Å². The Morgan fingerprint density at radius 2 is 1.93 bits per heavy atom. The number of benzene rings is 1. The molecule has 0 bridgehead atoms. The fraction of sp³-hybridized carbons (Fsp3) is 0.640. The van der Waals surface area contributed by atoms with Gasteiger partial charge in [-0.1, -0.05) is 44.8 Å². The number of halogens is 1. The summed E-state index contributed by atoms with van der Waals surface area (Å²) < 4.78 is 19.2. The van der Waals surface area contributed by atoms with Gasteiger partial charge in [-0.15, -0.1) is 0 Å². The molecule has 0 saturated heterocycles. The van der Waals surface area contributed by atoms with Crippen LogP contribution in [0.1, 0.15) is 83.1 Å². The summed E-state index contributed by atoms with van der Waals surface area (Å²) in [6.45, 7) is 2.80. The van der Waals surface area contributed by atoms with Gasteiger partial charge in [0, 0.05) is 6.07 Å². The topological polar surface area (TPSA) is 33.0 Å². The molecule has 0 N–H and O–H groups in total. The van der Waals surface area contributed by atoms with Crippen molar-refractivity contribution >= 4 is 0 Å². The van der Waals surface area contributed by atoms with Crippen molar-refractivity contribution < 1.29 is 9.13 Å². The zero-order chi connectivity index (χ0) is 19.8. The van der Waals surface area contributed by atoms with Gasteiger partial charge < -0.3 is 4.74 Å². The summed E-state index contributed by atoms with van der Waals surface area (Å²) in [6.07, 6.45) is 19.7. The Morgan fingerprint density at radius 1 is 1.18 bits per heavy atom. The number of nitriles is 1. The van der Waals surface area contributed by atoms with Gasteiger partial charge in [0.05, 0.1) is 5.56 Å². The quantitative estimate of drug-likeness (QED) is 0.467. The third kappa shape index (κ3) is 5.16. The monoisotopic (exact) mass is 383 g/mol. The Labute approximate surface area is 169 Å². The lowest BCUT2D eigenvalue weighted by atomic mass is 9.59. The molecule has 2 fully saturated rings. The zero-order valence-electron chi connectivity index (χ0n) is 17.3. The standard InChI is InChI=1S/C25H34FNO/c1-2-14-25(15-4-3-5-16-25)22-11-8-20(9-12-22)7-6-17-28-23-13-10-21(19-27)24(26)18-23/h6-7,10,13,18,20,22H,2-5,8-9,11-12,14-17H2,1H3/b7-6+. The van der Waals surface area contributed by atoms with Crippen molar-refractivity contribution in [3.05, 3.63) is 41.7 Å². The van der Waals surface area contributed by atoms with E-state index >= 15 is 0 Å². The van der Waals surface area contributed by atoms with Crippen LogP contribution >= 0.6 is 0 Å². The average molecular weight is 384 g/mol. The summed E-state index contributed by atoms with van der Waals surface area (Å²) in [5, 5.41) is 8.77. The van der Waals surface area contributed by atoms with Crippen LogP contribution in [0.3, 0.4) is 0 Å². The molecule has 0 aromatic heterocycles. The summed E-state index contributed by atoms with van der Waals surface area (Å²) in [4.78, 5) is 0. The van der Waals surface area contributed by atoms with E-state index in [0.717, 1.165) is 5.92 Å². The van der Waals surface area contributed by atoms with E-state index in [4.69, 9.17) is 10.00 Å². The molecule has 1 aromatic rings. The first-order valence-electron chi connectivity index (χ1n) is 11.2. The Hall–Kier alpha value is -1.82. The molecule has 1 aromatic carbocycles. The highest BCUT2D eigenvalue weighted by Gasteiger charge is 2.39. The molecule has 3 rings (SSSR count). The van der Waals surface area contributed by atoms with E-state index < -0.39 is 5.82 Å². The summed E-state index contributed by atoms with van der Waals surface area (Å²) in [7, 11) is 0. The lowest BCUT2D eigenvalue weighted by molar-refractivity contribution is 0.0501. The predicted octanol–water partition coefficient (Wildman–Crippen LogP) is 7.19. The number of hydrogen-bond acceptors (Lipinski definition) is 2. The summed E-state index contributed by atoms with van der Waals surface area (Å²) in [6, 6.07) is 6.23. The Kier molecular flexibility index (Phi) is 7.54. The minimum Gasteiger partial charge on any atom is -0.489 e. The molecule has 0 atom stereocenters. The van der Waals surface area contributed by atoms with E-state index in [2.05, 4.69) is 19.1 Å². The summed E-state index contributed by atoms with van der Waals surface area (Å²) in [5.74, 6) is 1.53. The maximum Gasteiger partial charge on any atom is 0.144 e. The molecule has 2 aliphatic rings. The van der Waals surface area contributed by atoms with Crippen LogP contribution in [0.15, 0.2) is 30.4 Å². The lowest BCUT2D eigenvalue weighted by Gasteiger charge is -2.46. The second-order valence-electron chi connectivity index (χ2n) is 8.78. The minimum absolute atomic E-state index is 0.0541. The van der Waals surface area contributed by atoms with Gasteiger partial charge in [0.1, 0.15) is 24.2 Å². The van der Waals surface area contributed by atoms with Crippen LogP contribution in [-0.4, -0.2) is 6.61 Å². The van der Waals surface area contributed by atoms with Gasteiger partial charge in [0.25, 0.3) is 0 Å². The van der Waals surface area contributed by atoms with E-state index in [0.29, 0.717) is 23.7 Å². The van der Waals surface area contributed by atoms with Crippen LogP contribution in [0.4, 0.5) is 4.39 Å². The highest BCUT2D eigenvalue weighted by molar-refractivity contribution is 5.36. The minimum atomic E-state index is -0.522. The van der Waals surface area contributed by atoms with Crippen LogP contribution in [0.5, 0.6) is 5.75 Å². The highest BCUT2D eigenvalue weighted by atomic mass is 19.1. The average Bonchev–Trinajstić information content (AvgIpc) is 2.73. The molecule has 0 amide bonds. The van der Waals surface area contributed by atoms with Gasteiger partial charge in [0.2, 0.25) is 0 Å². The number of allylic oxidation sites excluding steroid dienone is 1. The molecular weight excluding hydrogens is 349 g/mol. The molecule has 152 valence electrons. The normalized spacial score (nSPS) is 24.8. The molecule has 0 unspecified atom stereocenters. The first-order chi connectivity index (χ1) is 13.7. The maximum absolute atomic E-state index is 13.6. The summed E-state index contributed by atoms with van der Waals surface area (Å²) >= 11 is 0.